The van der Waals surface area contributed by atoms with Crippen molar-refractivity contribution in [2.45, 2.75) is 5.16 Å². The lowest BCUT2D eigenvalue weighted by molar-refractivity contribution is -0.113. The van der Waals surface area contributed by atoms with Crippen LogP contribution in [-0.4, -0.2) is 31.8 Å². The van der Waals surface area contributed by atoms with E-state index in [-0.39, 0.29) is 11.7 Å². The van der Waals surface area contributed by atoms with Crippen LogP contribution in [0.2, 0.25) is 0 Å². The van der Waals surface area contributed by atoms with E-state index in [4.69, 9.17) is 0 Å². The third-order valence-electron chi connectivity index (χ3n) is 4.04. The molecule has 0 atom stereocenters. The van der Waals surface area contributed by atoms with E-state index in [9.17, 15) is 4.79 Å². The van der Waals surface area contributed by atoms with Crippen molar-refractivity contribution in [3.8, 4) is 22.5 Å². The highest BCUT2D eigenvalue weighted by Gasteiger charge is 2.11. The van der Waals surface area contributed by atoms with Crippen LogP contribution in [0.15, 0.2) is 84.3 Å². The number of nitrogens with one attached hydrogen (secondary N) is 2. The average Bonchev–Trinajstić information content (AvgIpc) is 3.23. The number of thioether (sulfide) groups is 1. The van der Waals surface area contributed by atoms with Gasteiger partial charge < -0.3 is 5.32 Å². The van der Waals surface area contributed by atoms with Gasteiger partial charge in [0.25, 0.3) is 0 Å². The first-order valence-corrected chi connectivity index (χ1v) is 9.68. The predicted octanol–water partition coefficient (Wildman–Crippen LogP) is 4.26. The van der Waals surface area contributed by atoms with Gasteiger partial charge in [-0.3, -0.25) is 14.9 Å². The van der Waals surface area contributed by atoms with E-state index in [0.29, 0.717) is 11.0 Å². The normalized spacial score (nSPS) is 10.6. The van der Waals surface area contributed by atoms with Crippen molar-refractivity contribution in [3.63, 3.8) is 0 Å². The number of hydrogen-bond donors (Lipinski definition) is 2. The number of nitrogens with zero attached hydrogens (tertiary/aromatic N) is 3. The van der Waals surface area contributed by atoms with Gasteiger partial charge in [-0.15, -0.1) is 5.10 Å². The van der Waals surface area contributed by atoms with Crippen molar-refractivity contribution in [3.05, 3.63) is 79.1 Å². The maximum atomic E-state index is 12.4. The van der Waals surface area contributed by atoms with Crippen molar-refractivity contribution in [2.75, 3.05) is 11.1 Å². The van der Waals surface area contributed by atoms with Crippen molar-refractivity contribution >= 4 is 23.4 Å². The van der Waals surface area contributed by atoms with Gasteiger partial charge >= 0.3 is 0 Å². The molecule has 0 bridgehead atoms. The van der Waals surface area contributed by atoms with Crippen LogP contribution in [-0.2, 0) is 4.79 Å². The number of rotatable bonds is 6. The lowest BCUT2D eigenvalue weighted by Gasteiger charge is -2.10. The number of hydrogen-bond acceptors (Lipinski definition) is 5. The Hall–Kier alpha value is -3.45. The van der Waals surface area contributed by atoms with Crippen molar-refractivity contribution in [2.24, 2.45) is 0 Å². The number of carbonyl (C=O) groups is 1. The Morgan fingerprint density at radius 1 is 0.929 bits per heavy atom. The smallest absolute Gasteiger partial charge is 0.234 e. The molecule has 7 heteroatoms. The summed E-state index contributed by atoms with van der Waals surface area (Å²) in [5.41, 5.74) is 3.73. The third kappa shape index (κ3) is 4.27. The topological polar surface area (TPSA) is 83.6 Å². The first-order chi connectivity index (χ1) is 13.8. The monoisotopic (exact) mass is 387 g/mol. The van der Waals surface area contributed by atoms with Crippen molar-refractivity contribution in [1.82, 2.24) is 20.2 Å². The molecule has 0 fully saturated rings. The highest BCUT2D eigenvalue weighted by Crippen LogP contribution is 2.28. The van der Waals surface area contributed by atoms with Crippen LogP contribution in [0, 0.1) is 0 Å². The van der Waals surface area contributed by atoms with Crippen LogP contribution in [0.1, 0.15) is 0 Å². The number of aromatic nitrogens is 4. The van der Waals surface area contributed by atoms with Crippen molar-refractivity contribution in [1.29, 1.82) is 0 Å². The highest BCUT2D eigenvalue weighted by atomic mass is 32.2. The zero-order chi connectivity index (χ0) is 19.2. The zero-order valence-electron chi connectivity index (χ0n) is 14.9. The molecule has 4 aromatic rings. The summed E-state index contributed by atoms with van der Waals surface area (Å²) in [6.07, 6.45) is 3.39. The molecule has 2 aromatic heterocycles. The molecule has 2 aromatic carbocycles. The SMILES string of the molecule is O=C(CSc1n[nH]c(-c2ccncc2)n1)Nc1ccccc1-c1ccccc1. The van der Waals surface area contributed by atoms with Gasteiger partial charge in [-0.05, 0) is 23.8 Å². The summed E-state index contributed by atoms with van der Waals surface area (Å²) in [4.78, 5) is 20.8. The molecule has 1 amide bonds. The molecular weight excluding hydrogens is 370 g/mol. The summed E-state index contributed by atoms with van der Waals surface area (Å²) < 4.78 is 0. The van der Waals surface area contributed by atoms with Crippen LogP contribution < -0.4 is 5.32 Å². The molecule has 0 unspecified atom stereocenters. The summed E-state index contributed by atoms with van der Waals surface area (Å²) in [6.45, 7) is 0. The molecule has 0 saturated heterocycles. The Labute approximate surface area is 166 Å². The number of amides is 1. The molecule has 4 rings (SSSR count). The fourth-order valence-electron chi connectivity index (χ4n) is 2.73. The third-order valence-corrected chi connectivity index (χ3v) is 4.88. The lowest BCUT2D eigenvalue weighted by atomic mass is 10.0. The van der Waals surface area contributed by atoms with Gasteiger partial charge in [0.05, 0.1) is 5.75 Å². The van der Waals surface area contributed by atoms with Gasteiger partial charge in [-0.2, -0.15) is 0 Å². The second-order valence-electron chi connectivity index (χ2n) is 5.95. The Morgan fingerprint density at radius 3 is 2.50 bits per heavy atom. The molecule has 0 aliphatic rings. The van der Waals surface area contributed by atoms with Gasteiger partial charge in [0.1, 0.15) is 0 Å². The van der Waals surface area contributed by atoms with Gasteiger partial charge in [-0.25, -0.2) is 4.98 Å². The molecule has 2 heterocycles. The van der Waals surface area contributed by atoms with Crippen LogP contribution in [0.5, 0.6) is 0 Å². The Kier molecular flexibility index (Phi) is 5.44. The number of aromatic amines is 1. The first-order valence-electron chi connectivity index (χ1n) is 8.69. The fraction of sp³-hybridized carbons (Fsp3) is 0.0476. The molecule has 6 nitrogen and oxygen atoms in total. The molecule has 0 spiro atoms. The van der Waals surface area contributed by atoms with E-state index in [2.05, 4.69) is 25.5 Å². The zero-order valence-corrected chi connectivity index (χ0v) is 15.7. The number of para-hydroxylation sites is 1. The Bertz CT molecular complexity index is 1070. The first kappa shape index (κ1) is 17.9. The van der Waals surface area contributed by atoms with E-state index in [0.717, 1.165) is 22.4 Å². The van der Waals surface area contributed by atoms with Crippen LogP contribution in [0.3, 0.4) is 0 Å². The van der Waals surface area contributed by atoms with Crippen LogP contribution in [0.25, 0.3) is 22.5 Å². The maximum absolute atomic E-state index is 12.4. The molecule has 28 heavy (non-hydrogen) atoms. The highest BCUT2D eigenvalue weighted by molar-refractivity contribution is 7.99. The van der Waals surface area contributed by atoms with Crippen LogP contribution in [0.4, 0.5) is 5.69 Å². The minimum atomic E-state index is -0.108. The summed E-state index contributed by atoms with van der Waals surface area (Å²) in [6, 6.07) is 21.4. The van der Waals surface area contributed by atoms with E-state index >= 15 is 0 Å². The molecule has 138 valence electrons. The van der Waals surface area contributed by atoms with Crippen molar-refractivity contribution < 1.29 is 4.79 Å². The molecule has 2 N–H and O–H groups in total. The summed E-state index contributed by atoms with van der Waals surface area (Å²) in [5.74, 6) is 0.764. The van der Waals surface area contributed by atoms with Gasteiger partial charge in [0.15, 0.2) is 5.82 Å². The van der Waals surface area contributed by atoms with Gasteiger partial charge in [0, 0.05) is 29.2 Å². The van der Waals surface area contributed by atoms with Gasteiger partial charge in [0.2, 0.25) is 11.1 Å². The quantitative estimate of drug-likeness (QED) is 0.483. The molecular formula is C21H17N5OS. The summed E-state index contributed by atoms with van der Waals surface area (Å²) in [7, 11) is 0. The van der Waals surface area contributed by atoms with E-state index in [1.54, 1.807) is 12.4 Å². The molecule has 0 radical (unpaired) electrons. The van der Waals surface area contributed by atoms with Gasteiger partial charge in [-0.1, -0.05) is 60.3 Å². The molecule has 0 saturated carbocycles. The summed E-state index contributed by atoms with van der Waals surface area (Å²) in [5, 5.41) is 10.6. The minimum absolute atomic E-state index is 0.108. The maximum Gasteiger partial charge on any atom is 0.234 e. The summed E-state index contributed by atoms with van der Waals surface area (Å²) >= 11 is 1.28. The molecule has 0 aliphatic carbocycles. The number of carbonyl (C=O) groups excluding carboxylic acids is 1. The number of pyridine rings is 1. The molecule has 0 aliphatic heterocycles. The van der Waals surface area contributed by atoms with Crippen LogP contribution >= 0.6 is 11.8 Å². The number of benzene rings is 2. The minimum Gasteiger partial charge on any atom is -0.325 e. The Morgan fingerprint density at radius 2 is 1.68 bits per heavy atom. The number of anilines is 1. The Balaban J connectivity index is 1.40. The second kappa shape index (κ2) is 8.49. The predicted molar refractivity (Wildman–Crippen MR) is 111 cm³/mol. The van der Waals surface area contributed by atoms with E-state index in [1.807, 2.05) is 66.7 Å². The number of H-pyrrole nitrogens is 1. The van der Waals surface area contributed by atoms with E-state index in [1.165, 1.54) is 11.8 Å². The fourth-order valence-corrected chi connectivity index (χ4v) is 3.33. The largest absolute Gasteiger partial charge is 0.325 e. The standard InChI is InChI=1S/C21H17N5OS/c27-19(14-28-21-24-20(25-26-21)16-10-12-22-13-11-16)23-18-9-5-4-8-17(18)15-6-2-1-3-7-15/h1-13H,14H2,(H,23,27)(H,24,25,26). The lowest BCUT2D eigenvalue weighted by Crippen LogP contribution is -2.14. The van der Waals surface area contributed by atoms with E-state index < -0.39 is 0 Å². The second-order valence-corrected chi connectivity index (χ2v) is 6.89. The average molecular weight is 387 g/mol.